The molecule has 2 atom stereocenters. The van der Waals surface area contributed by atoms with Crippen molar-refractivity contribution < 1.29 is 9.90 Å². The molecule has 4 heteroatoms. The van der Waals surface area contributed by atoms with Crippen LogP contribution in [0.15, 0.2) is 24.3 Å². The number of hydrogen-bond acceptors (Lipinski definition) is 3. The zero-order valence-corrected chi connectivity index (χ0v) is 11.7. The number of β-amino-alcohol motifs (C(OH)–C–C–N with tert-alkyl or cyclic N) is 1. The minimum absolute atomic E-state index is 0.0331. The number of piperidine rings is 1. The number of rotatable bonds is 1. The molecular weight excluding hydrogens is 252 g/mol. The molecule has 1 aliphatic heterocycles. The molecule has 1 aliphatic rings. The number of hydrogen-bond donors (Lipinski definition) is 2. The first kappa shape index (κ1) is 14.6. The van der Waals surface area contributed by atoms with Gasteiger partial charge in [0.2, 0.25) is 0 Å². The Morgan fingerprint density at radius 1 is 1.45 bits per heavy atom. The summed E-state index contributed by atoms with van der Waals surface area (Å²) in [6, 6.07) is 7.18. The highest BCUT2D eigenvalue weighted by molar-refractivity contribution is 5.94. The van der Waals surface area contributed by atoms with Crippen molar-refractivity contribution >= 4 is 5.91 Å². The first-order valence-electron chi connectivity index (χ1n) is 6.88. The van der Waals surface area contributed by atoms with Gasteiger partial charge in [-0.1, -0.05) is 18.8 Å². The molecule has 0 spiro atoms. The van der Waals surface area contributed by atoms with Crippen LogP contribution in [-0.2, 0) is 0 Å². The van der Waals surface area contributed by atoms with E-state index in [4.69, 9.17) is 5.73 Å². The summed E-state index contributed by atoms with van der Waals surface area (Å²) in [6.45, 7) is 3.45. The first-order valence-corrected chi connectivity index (χ1v) is 6.88. The minimum atomic E-state index is -0.428. The molecule has 1 aromatic rings. The zero-order chi connectivity index (χ0) is 14.5. The van der Waals surface area contributed by atoms with Gasteiger partial charge in [0.25, 0.3) is 5.91 Å². The summed E-state index contributed by atoms with van der Waals surface area (Å²) in [5.41, 5.74) is 6.79. The highest BCUT2D eigenvalue weighted by Crippen LogP contribution is 2.19. The van der Waals surface area contributed by atoms with Crippen LogP contribution < -0.4 is 5.73 Å². The smallest absolute Gasteiger partial charge is 0.253 e. The average Bonchev–Trinajstić information content (AvgIpc) is 2.48. The summed E-state index contributed by atoms with van der Waals surface area (Å²) in [7, 11) is 0. The molecule has 0 saturated carbocycles. The second-order valence-electron chi connectivity index (χ2n) is 5.17. The van der Waals surface area contributed by atoms with Crippen LogP contribution in [0.25, 0.3) is 0 Å². The lowest BCUT2D eigenvalue weighted by molar-refractivity contribution is 0.0248. The van der Waals surface area contributed by atoms with Crippen LogP contribution in [0.2, 0.25) is 0 Å². The molecule has 0 aliphatic carbocycles. The van der Waals surface area contributed by atoms with Crippen molar-refractivity contribution in [3.63, 3.8) is 0 Å². The van der Waals surface area contributed by atoms with Gasteiger partial charge in [0.05, 0.1) is 12.6 Å². The Labute approximate surface area is 119 Å². The number of benzene rings is 1. The monoisotopic (exact) mass is 272 g/mol. The predicted molar refractivity (Wildman–Crippen MR) is 78.1 cm³/mol. The summed E-state index contributed by atoms with van der Waals surface area (Å²) in [5, 5.41) is 9.86. The number of aliphatic hydroxyl groups excluding tert-OH is 1. The lowest BCUT2D eigenvalue weighted by Gasteiger charge is -2.34. The Kier molecular flexibility index (Phi) is 4.78. The van der Waals surface area contributed by atoms with Gasteiger partial charge in [-0.3, -0.25) is 4.79 Å². The van der Waals surface area contributed by atoms with Gasteiger partial charge in [-0.25, -0.2) is 0 Å². The van der Waals surface area contributed by atoms with Gasteiger partial charge in [-0.05, 0) is 36.6 Å². The average molecular weight is 272 g/mol. The van der Waals surface area contributed by atoms with Crippen LogP contribution in [0.3, 0.4) is 0 Å². The van der Waals surface area contributed by atoms with E-state index >= 15 is 0 Å². The molecule has 2 unspecified atom stereocenters. The Balaban J connectivity index is 2.06. The van der Waals surface area contributed by atoms with Gasteiger partial charge in [0.1, 0.15) is 0 Å². The van der Waals surface area contributed by atoms with E-state index in [1.165, 1.54) is 0 Å². The van der Waals surface area contributed by atoms with Crippen molar-refractivity contribution in [2.24, 2.45) is 11.7 Å². The molecule has 4 nitrogen and oxygen atoms in total. The van der Waals surface area contributed by atoms with Crippen molar-refractivity contribution in [3.05, 3.63) is 35.4 Å². The van der Waals surface area contributed by atoms with Gasteiger partial charge < -0.3 is 15.7 Å². The Morgan fingerprint density at radius 3 is 2.75 bits per heavy atom. The molecule has 3 N–H and O–H groups in total. The maximum absolute atomic E-state index is 12.3. The molecule has 1 aromatic carbocycles. The Bertz CT molecular complexity index is 528. The fourth-order valence-electron chi connectivity index (χ4n) is 2.27. The molecule has 0 bridgehead atoms. The molecule has 1 saturated heterocycles. The third-order valence-electron chi connectivity index (χ3n) is 3.67. The number of likely N-dealkylation sites (tertiary alicyclic amines) is 1. The summed E-state index contributed by atoms with van der Waals surface area (Å²) >= 11 is 0. The van der Waals surface area contributed by atoms with Gasteiger partial charge in [-0.15, -0.1) is 0 Å². The number of amides is 1. The predicted octanol–water partition coefficient (Wildman–Crippen LogP) is 0.840. The van der Waals surface area contributed by atoms with E-state index in [0.717, 1.165) is 12.0 Å². The second-order valence-corrected chi connectivity index (χ2v) is 5.17. The third-order valence-corrected chi connectivity index (χ3v) is 3.67. The lowest BCUT2D eigenvalue weighted by Crippen LogP contribution is -2.45. The van der Waals surface area contributed by atoms with E-state index < -0.39 is 6.10 Å². The lowest BCUT2D eigenvalue weighted by atomic mass is 9.95. The van der Waals surface area contributed by atoms with E-state index in [1.807, 2.05) is 19.1 Å². The molecule has 2 rings (SSSR count). The topological polar surface area (TPSA) is 66.6 Å². The molecule has 20 heavy (non-hydrogen) atoms. The summed E-state index contributed by atoms with van der Waals surface area (Å²) in [4.78, 5) is 14.0. The Hall–Kier alpha value is -1.83. The number of carbonyl (C=O) groups excluding carboxylic acids is 1. The van der Waals surface area contributed by atoms with E-state index in [2.05, 4.69) is 11.8 Å². The Morgan fingerprint density at radius 2 is 2.15 bits per heavy atom. The van der Waals surface area contributed by atoms with E-state index in [-0.39, 0.29) is 11.8 Å². The van der Waals surface area contributed by atoms with Crippen LogP contribution in [0.5, 0.6) is 0 Å². The van der Waals surface area contributed by atoms with E-state index in [0.29, 0.717) is 25.2 Å². The molecule has 1 heterocycles. The SMILES string of the molecule is CC1CCN(C(=O)c2ccc(C#CCN)cc2)CC1O. The van der Waals surface area contributed by atoms with Crippen molar-refractivity contribution in [1.82, 2.24) is 4.90 Å². The number of carbonyl (C=O) groups is 1. The quantitative estimate of drug-likeness (QED) is 0.745. The highest BCUT2D eigenvalue weighted by atomic mass is 16.3. The van der Waals surface area contributed by atoms with Gasteiger partial charge in [-0.2, -0.15) is 0 Å². The first-order chi connectivity index (χ1) is 9.61. The van der Waals surface area contributed by atoms with Crippen molar-refractivity contribution in [1.29, 1.82) is 0 Å². The largest absolute Gasteiger partial charge is 0.391 e. The van der Waals surface area contributed by atoms with E-state index in [1.54, 1.807) is 17.0 Å². The minimum Gasteiger partial charge on any atom is -0.391 e. The van der Waals surface area contributed by atoms with Crippen LogP contribution in [-0.4, -0.2) is 41.7 Å². The molecule has 106 valence electrons. The maximum Gasteiger partial charge on any atom is 0.253 e. The van der Waals surface area contributed by atoms with Gasteiger partial charge in [0.15, 0.2) is 0 Å². The number of nitrogens with two attached hydrogens (primary N) is 1. The van der Waals surface area contributed by atoms with Crippen molar-refractivity contribution in [3.8, 4) is 11.8 Å². The van der Waals surface area contributed by atoms with Crippen LogP contribution in [0.1, 0.15) is 29.3 Å². The van der Waals surface area contributed by atoms with Crippen LogP contribution in [0, 0.1) is 17.8 Å². The highest BCUT2D eigenvalue weighted by Gasteiger charge is 2.27. The number of nitrogens with zero attached hydrogens (tertiary/aromatic N) is 1. The molecule has 0 radical (unpaired) electrons. The van der Waals surface area contributed by atoms with Crippen molar-refractivity contribution in [2.45, 2.75) is 19.4 Å². The van der Waals surface area contributed by atoms with Gasteiger partial charge in [0, 0.05) is 24.2 Å². The van der Waals surface area contributed by atoms with Crippen LogP contribution >= 0.6 is 0 Å². The third kappa shape index (κ3) is 3.38. The number of aliphatic hydroxyl groups is 1. The molecule has 1 amide bonds. The zero-order valence-electron chi connectivity index (χ0n) is 11.7. The summed E-state index contributed by atoms with van der Waals surface area (Å²) in [6.07, 6.45) is 0.412. The summed E-state index contributed by atoms with van der Waals surface area (Å²) < 4.78 is 0. The van der Waals surface area contributed by atoms with E-state index in [9.17, 15) is 9.90 Å². The van der Waals surface area contributed by atoms with Gasteiger partial charge >= 0.3 is 0 Å². The van der Waals surface area contributed by atoms with Crippen molar-refractivity contribution in [2.75, 3.05) is 19.6 Å². The maximum atomic E-state index is 12.3. The fourth-order valence-corrected chi connectivity index (χ4v) is 2.27. The standard InChI is InChI=1S/C16H20N2O2/c1-12-8-10-18(11-15(12)19)16(20)14-6-4-13(5-7-14)3-2-9-17/h4-7,12,15,19H,8-11,17H2,1H3. The van der Waals surface area contributed by atoms with Crippen LogP contribution in [0.4, 0.5) is 0 Å². The molecule has 0 aromatic heterocycles. The molecule has 1 fully saturated rings. The summed E-state index contributed by atoms with van der Waals surface area (Å²) in [5.74, 6) is 5.92. The second kappa shape index (κ2) is 6.56. The molecular formula is C16H20N2O2. The normalized spacial score (nSPS) is 22.1. The fraction of sp³-hybridized carbons (Fsp3) is 0.438.